The highest BCUT2D eigenvalue weighted by atomic mass is 32.2. The molecule has 0 atom stereocenters. The fourth-order valence-corrected chi connectivity index (χ4v) is 2.55. The second kappa shape index (κ2) is 8.41. The van der Waals surface area contributed by atoms with Crippen LogP contribution in [-0.2, 0) is 17.0 Å². The Morgan fingerprint density at radius 2 is 2.14 bits per heavy atom. The van der Waals surface area contributed by atoms with Gasteiger partial charge >= 0.3 is 0 Å². The largest absolute Gasteiger partial charge is 0.355 e. The summed E-state index contributed by atoms with van der Waals surface area (Å²) in [4.78, 5) is 15.6. The number of rotatable bonds is 8. The third-order valence-electron chi connectivity index (χ3n) is 2.79. The summed E-state index contributed by atoms with van der Waals surface area (Å²) in [5, 5.41) is 9.40. The van der Waals surface area contributed by atoms with E-state index in [-0.39, 0.29) is 11.7 Å². The maximum atomic E-state index is 12.7. The van der Waals surface area contributed by atoms with Gasteiger partial charge < -0.3 is 5.32 Å². The summed E-state index contributed by atoms with van der Waals surface area (Å²) in [5.74, 6) is 1.70. The summed E-state index contributed by atoms with van der Waals surface area (Å²) in [5.41, 5.74) is 1.01. The van der Waals surface area contributed by atoms with Crippen LogP contribution in [0.2, 0.25) is 0 Å². The molecule has 1 amide bonds. The molecule has 0 unspecified atom stereocenters. The second-order valence-electron chi connectivity index (χ2n) is 4.50. The minimum atomic E-state index is -0.242. The van der Waals surface area contributed by atoms with Crippen LogP contribution >= 0.6 is 11.8 Å². The lowest BCUT2D eigenvalue weighted by molar-refractivity contribution is -0.118. The van der Waals surface area contributed by atoms with Gasteiger partial charge in [-0.3, -0.25) is 9.89 Å². The van der Waals surface area contributed by atoms with E-state index in [4.69, 9.17) is 0 Å². The maximum absolute atomic E-state index is 12.7. The van der Waals surface area contributed by atoms with Gasteiger partial charge in [-0.1, -0.05) is 12.1 Å². The number of H-pyrrole nitrogens is 1. The Hall–Kier alpha value is -1.89. The molecule has 0 bridgehead atoms. The first-order chi connectivity index (χ1) is 10.2. The highest BCUT2D eigenvalue weighted by Gasteiger charge is 2.02. The van der Waals surface area contributed by atoms with Crippen molar-refractivity contribution in [1.82, 2.24) is 20.5 Å². The lowest BCUT2D eigenvalue weighted by Crippen LogP contribution is -2.26. The predicted molar refractivity (Wildman–Crippen MR) is 80.3 cm³/mol. The second-order valence-corrected chi connectivity index (χ2v) is 5.49. The summed E-state index contributed by atoms with van der Waals surface area (Å²) in [7, 11) is 0. The smallest absolute Gasteiger partial charge is 0.230 e. The van der Waals surface area contributed by atoms with Crippen molar-refractivity contribution in [1.29, 1.82) is 0 Å². The molecule has 1 aromatic carbocycles. The minimum absolute atomic E-state index is 0.0136. The van der Waals surface area contributed by atoms with E-state index in [0.717, 1.165) is 24.2 Å². The Bertz CT molecular complexity index is 545. The third-order valence-corrected chi connectivity index (χ3v) is 3.80. The molecule has 0 radical (unpaired) electrons. The number of hydrogen-bond donors (Lipinski definition) is 2. The lowest BCUT2D eigenvalue weighted by atomic mass is 10.2. The number of thioether (sulfide) groups is 1. The monoisotopic (exact) mass is 308 g/mol. The summed E-state index contributed by atoms with van der Waals surface area (Å²) < 4.78 is 12.7. The van der Waals surface area contributed by atoms with Crippen molar-refractivity contribution in [2.45, 2.75) is 18.6 Å². The molecule has 0 aliphatic rings. The van der Waals surface area contributed by atoms with Crippen molar-refractivity contribution in [3.05, 3.63) is 47.8 Å². The van der Waals surface area contributed by atoms with Gasteiger partial charge in [-0.25, -0.2) is 9.37 Å². The first-order valence-corrected chi connectivity index (χ1v) is 7.82. The van der Waals surface area contributed by atoms with Crippen LogP contribution in [0.5, 0.6) is 0 Å². The van der Waals surface area contributed by atoms with E-state index in [1.54, 1.807) is 12.1 Å². The number of aromatic amines is 1. The van der Waals surface area contributed by atoms with E-state index < -0.39 is 0 Å². The molecule has 2 N–H and O–H groups in total. The normalized spacial score (nSPS) is 10.5. The van der Waals surface area contributed by atoms with Crippen molar-refractivity contribution < 1.29 is 9.18 Å². The number of aryl methyl sites for hydroxylation is 1. The lowest BCUT2D eigenvalue weighted by Gasteiger charge is -2.04. The van der Waals surface area contributed by atoms with Crippen molar-refractivity contribution in [2.24, 2.45) is 0 Å². The molecule has 0 spiro atoms. The zero-order valence-corrected chi connectivity index (χ0v) is 12.3. The van der Waals surface area contributed by atoms with Crippen LogP contribution in [0.3, 0.4) is 0 Å². The molecule has 1 heterocycles. The Kier molecular flexibility index (Phi) is 6.21. The van der Waals surface area contributed by atoms with E-state index >= 15 is 0 Å². The topological polar surface area (TPSA) is 70.7 Å². The van der Waals surface area contributed by atoms with Gasteiger partial charge in [-0.05, 0) is 24.1 Å². The summed E-state index contributed by atoms with van der Waals surface area (Å²) in [6, 6.07) is 6.33. The number of aromatic nitrogens is 3. The van der Waals surface area contributed by atoms with Gasteiger partial charge in [0.15, 0.2) is 0 Å². The molecule has 112 valence electrons. The van der Waals surface area contributed by atoms with Gasteiger partial charge in [0.25, 0.3) is 0 Å². The summed E-state index contributed by atoms with van der Waals surface area (Å²) >= 11 is 1.51. The highest BCUT2D eigenvalue weighted by Crippen LogP contribution is 2.12. The highest BCUT2D eigenvalue weighted by molar-refractivity contribution is 7.99. The standard InChI is InChI=1S/C14H17FN4OS/c15-12-5-3-11(4-6-12)8-21-9-14(20)16-7-1-2-13-17-10-18-19-13/h3-6,10H,1-2,7-9H2,(H,16,20)(H,17,18,19). The molecule has 0 aliphatic heterocycles. The Labute approximate surface area is 126 Å². The van der Waals surface area contributed by atoms with Crippen LogP contribution in [0.15, 0.2) is 30.6 Å². The molecule has 0 saturated carbocycles. The average molecular weight is 308 g/mol. The molecular weight excluding hydrogens is 291 g/mol. The van der Waals surface area contributed by atoms with Gasteiger partial charge in [-0.15, -0.1) is 11.8 Å². The van der Waals surface area contributed by atoms with Gasteiger partial charge in [0.1, 0.15) is 18.0 Å². The van der Waals surface area contributed by atoms with E-state index in [1.807, 2.05) is 0 Å². The Balaban J connectivity index is 1.54. The first-order valence-electron chi connectivity index (χ1n) is 6.67. The summed E-state index contributed by atoms with van der Waals surface area (Å²) in [6.07, 6.45) is 3.06. The van der Waals surface area contributed by atoms with Crippen LogP contribution in [0.25, 0.3) is 0 Å². The molecular formula is C14H17FN4OS. The molecule has 0 saturated heterocycles. The quantitative estimate of drug-likeness (QED) is 0.731. The van der Waals surface area contributed by atoms with Gasteiger partial charge in [0.05, 0.1) is 5.75 Å². The average Bonchev–Trinajstić information content (AvgIpc) is 2.99. The molecule has 1 aromatic heterocycles. The van der Waals surface area contributed by atoms with Crippen LogP contribution in [0.4, 0.5) is 4.39 Å². The van der Waals surface area contributed by atoms with Crippen LogP contribution in [0, 0.1) is 5.82 Å². The fourth-order valence-electron chi connectivity index (χ4n) is 1.73. The molecule has 2 aromatic rings. The molecule has 21 heavy (non-hydrogen) atoms. The number of benzene rings is 1. The van der Waals surface area contributed by atoms with Crippen LogP contribution < -0.4 is 5.32 Å². The third kappa shape index (κ3) is 5.95. The zero-order chi connectivity index (χ0) is 14.9. The zero-order valence-electron chi connectivity index (χ0n) is 11.5. The van der Waals surface area contributed by atoms with Crippen LogP contribution in [0.1, 0.15) is 17.8 Å². The molecule has 7 heteroatoms. The van der Waals surface area contributed by atoms with Gasteiger partial charge in [0.2, 0.25) is 5.91 Å². The predicted octanol–water partition coefficient (Wildman–Crippen LogP) is 1.93. The van der Waals surface area contributed by atoms with E-state index in [2.05, 4.69) is 20.5 Å². The number of amides is 1. The fraction of sp³-hybridized carbons (Fsp3) is 0.357. The molecule has 0 fully saturated rings. The summed E-state index contributed by atoms with van der Waals surface area (Å²) in [6.45, 7) is 0.622. The van der Waals surface area contributed by atoms with Crippen molar-refractivity contribution in [3.8, 4) is 0 Å². The van der Waals surface area contributed by atoms with Gasteiger partial charge in [-0.2, -0.15) is 5.10 Å². The van der Waals surface area contributed by atoms with Crippen molar-refractivity contribution >= 4 is 17.7 Å². The molecule has 5 nitrogen and oxygen atoms in total. The maximum Gasteiger partial charge on any atom is 0.230 e. The number of carbonyl (C=O) groups is 1. The number of carbonyl (C=O) groups excluding carboxylic acids is 1. The van der Waals surface area contributed by atoms with E-state index in [1.165, 1.54) is 30.2 Å². The first kappa shape index (κ1) is 15.5. The SMILES string of the molecule is O=C(CSCc1ccc(F)cc1)NCCCc1ncn[nH]1. The minimum Gasteiger partial charge on any atom is -0.355 e. The number of halogens is 1. The molecule has 2 rings (SSSR count). The van der Waals surface area contributed by atoms with Crippen molar-refractivity contribution in [2.75, 3.05) is 12.3 Å². The van der Waals surface area contributed by atoms with E-state index in [0.29, 0.717) is 18.1 Å². The van der Waals surface area contributed by atoms with E-state index in [9.17, 15) is 9.18 Å². The van der Waals surface area contributed by atoms with Gasteiger partial charge in [0, 0.05) is 18.7 Å². The molecule has 0 aliphatic carbocycles. The number of hydrogen-bond acceptors (Lipinski definition) is 4. The van der Waals surface area contributed by atoms with Crippen molar-refractivity contribution in [3.63, 3.8) is 0 Å². The Morgan fingerprint density at radius 3 is 2.86 bits per heavy atom. The Morgan fingerprint density at radius 1 is 1.33 bits per heavy atom. The number of nitrogens with zero attached hydrogens (tertiary/aromatic N) is 2. The number of nitrogens with one attached hydrogen (secondary N) is 2. The van der Waals surface area contributed by atoms with Crippen LogP contribution in [-0.4, -0.2) is 33.4 Å².